The number of carbonyl (C=O) groups excluding carboxylic acids is 1. The molecule has 1 N–H and O–H groups in total. The van der Waals surface area contributed by atoms with E-state index in [2.05, 4.69) is 22.3 Å². The highest BCUT2D eigenvalue weighted by atomic mass is 16.5. The number of nitrogens with one attached hydrogen (secondary N) is 1. The molecule has 0 bridgehead atoms. The number of hydrogen-bond acceptors (Lipinski definition) is 5. The second-order valence-electron chi connectivity index (χ2n) is 6.97. The van der Waals surface area contributed by atoms with Gasteiger partial charge in [-0.15, -0.1) is 0 Å². The van der Waals surface area contributed by atoms with Gasteiger partial charge in [-0.2, -0.15) is 0 Å². The van der Waals surface area contributed by atoms with E-state index in [4.69, 9.17) is 9.26 Å². The molecule has 0 saturated carbocycles. The highest BCUT2D eigenvalue weighted by Crippen LogP contribution is 2.19. The summed E-state index contributed by atoms with van der Waals surface area (Å²) in [6, 6.07) is 1.93. The summed E-state index contributed by atoms with van der Waals surface area (Å²) in [6.45, 7) is 13.0. The van der Waals surface area contributed by atoms with Crippen molar-refractivity contribution in [3.05, 3.63) is 17.5 Å². The topological polar surface area (TPSA) is 67.6 Å². The summed E-state index contributed by atoms with van der Waals surface area (Å²) in [5.41, 5.74) is 0.817. The molecule has 1 aliphatic rings. The standard InChI is InChI=1S/C18H31N3O3/c1-5-23-10-6-8-21-9-7-15(14(4)12-21)19-18(22)17-11-16(13(2)3)20-24-17/h11,13-15H,5-10,12H2,1-4H3,(H,19,22). The van der Waals surface area contributed by atoms with Gasteiger partial charge in [0.2, 0.25) is 5.76 Å². The second-order valence-corrected chi connectivity index (χ2v) is 6.97. The van der Waals surface area contributed by atoms with Gasteiger partial charge < -0.3 is 19.5 Å². The molecule has 1 aromatic heterocycles. The van der Waals surface area contributed by atoms with Gasteiger partial charge in [0.05, 0.1) is 5.69 Å². The Morgan fingerprint density at radius 3 is 2.96 bits per heavy atom. The maximum atomic E-state index is 12.3. The fraction of sp³-hybridized carbons (Fsp3) is 0.778. The number of amides is 1. The molecule has 1 amide bonds. The fourth-order valence-corrected chi connectivity index (χ4v) is 3.09. The van der Waals surface area contributed by atoms with Crippen molar-refractivity contribution in [3.8, 4) is 0 Å². The minimum Gasteiger partial charge on any atom is -0.382 e. The Morgan fingerprint density at radius 2 is 2.33 bits per heavy atom. The van der Waals surface area contributed by atoms with E-state index in [0.29, 0.717) is 11.7 Å². The van der Waals surface area contributed by atoms with E-state index in [1.807, 2.05) is 20.8 Å². The van der Waals surface area contributed by atoms with E-state index < -0.39 is 0 Å². The molecule has 0 aliphatic carbocycles. The first-order chi connectivity index (χ1) is 11.5. The Labute approximate surface area is 144 Å². The maximum Gasteiger partial charge on any atom is 0.290 e. The molecular formula is C18H31N3O3. The molecule has 1 saturated heterocycles. The summed E-state index contributed by atoms with van der Waals surface area (Å²) in [5.74, 6) is 0.831. The SMILES string of the molecule is CCOCCCN1CCC(NC(=O)c2cc(C(C)C)no2)C(C)C1. The molecule has 0 spiro atoms. The Bertz CT molecular complexity index is 515. The zero-order valence-electron chi connectivity index (χ0n) is 15.4. The van der Waals surface area contributed by atoms with E-state index in [1.54, 1.807) is 6.07 Å². The normalized spacial score (nSPS) is 22.0. The van der Waals surface area contributed by atoms with Crippen LogP contribution < -0.4 is 5.32 Å². The predicted octanol–water partition coefficient (Wildman–Crippen LogP) is 2.66. The largest absolute Gasteiger partial charge is 0.382 e. The highest BCUT2D eigenvalue weighted by Gasteiger charge is 2.28. The summed E-state index contributed by atoms with van der Waals surface area (Å²) >= 11 is 0. The lowest BCUT2D eigenvalue weighted by Crippen LogP contribution is -2.50. The number of piperidine rings is 1. The summed E-state index contributed by atoms with van der Waals surface area (Å²) in [6.07, 6.45) is 2.03. The van der Waals surface area contributed by atoms with Crippen LogP contribution in [0.2, 0.25) is 0 Å². The zero-order chi connectivity index (χ0) is 17.5. The van der Waals surface area contributed by atoms with Crippen LogP contribution in [0.5, 0.6) is 0 Å². The number of rotatable bonds is 8. The van der Waals surface area contributed by atoms with Crippen LogP contribution in [-0.4, -0.2) is 54.9 Å². The third-order valence-corrected chi connectivity index (χ3v) is 4.62. The Hall–Kier alpha value is -1.40. The molecular weight excluding hydrogens is 306 g/mol. The van der Waals surface area contributed by atoms with Gasteiger partial charge in [0.25, 0.3) is 5.91 Å². The molecule has 1 aliphatic heterocycles. The van der Waals surface area contributed by atoms with Gasteiger partial charge in [0.15, 0.2) is 0 Å². The number of aromatic nitrogens is 1. The van der Waals surface area contributed by atoms with E-state index in [0.717, 1.165) is 51.4 Å². The van der Waals surface area contributed by atoms with Crippen LogP contribution >= 0.6 is 0 Å². The van der Waals surface area contributed by atoms with Crippen molar-refractivity contribution in [1.29, 1.82) is 0 Å². The van der Waals surface area contributed by atoms with Crippen molar-refractivity contribution in [3.63, 3.8) is 0 Å². The van der Waals surface area contributed by atoms with Crippen molar-refractivity contribution < 1.29 is 14.1 Å². The molecule has 6 nitrogen and oxygen atoms in total. The fourth-order valence-electron chi connectivity index (χ4n) is 3.09. The zero-order valence-corrected chi connectivity index (χ0v) is 15.4. The van der Waals surface area contributed by atoms with Crippen molar-refractivity contribution >= 4 is 5.91 Å². The summed E-state index contributed by atoms with van der Waals surface area (Å²) < 4.78 is 10.6. The average Bonchev–Trinajstić information content (AvgIpc) is 3.04. The first-order valence-electron chi connectivity index (χ1n) is 9.08. The first-order valence-corrected chi connectivity index (χ1v) is 9.08. The van der Waals surface area contributed by atoms with E-state index in [1.165, 1.54) is 0 Å². The van der Waals surface area contributed by atoms with Crippen LogP contribution in [0.3, 0.4) is 0 Å². The first kappa shape index (κ1) is 18.9. The molecule has 2 heterocycles. The maximum absolute atomic E-state index is 12.3. The summed E-state index contributed by atoms with van der Waals surface area (Å²) in [7, 11) is 0. The van der Waals surface area contributed by atoms with Crippen molar-refractivity contribution in [2.45, 2.75) is 52.5 Å². The van der Waals surface area contributed by atoms with Gasteiger partial charge in [-0.05, 0) is 31.6 Å². The van der Waals surface area contributed by atoms with Crippen LogP contribution in [-0.2, 0) is 4.74 Å². The van der Waals surface area contributed by atoms with Crippen LogP contribution in [0.4, 0.5) is 0 Å². The van der Waals surface area contributed by atoms with Gasteiger partial charge in [-0.25, -0.2) is 0 Å². The van der Waals surface area contributed by atoms with Crippen LogP contribution in [0, 0.1) is 5.92 Å². The lowest BCUT2D eigenvalue weighted by atomic mass is 9.93. The third kappa shape index (κ3) is 5.31. The Balaban J connectivity index is 1.78. The van der Waals surface area contributed by atoms with Crippen LogP contribution in [0.15, 0.2) is 10.6 Å². The monoisotopic (exact) mass is 337 g/mol. The van der Waals surface area contributed by atoms with E-state index in [-0.39, 0.29) is 17.9 Å². The molecule has 2 unspecified atom stereocenters. The third-order valence-electron chi connectivity index (χ3n) is 4.62. The molecule has 2 rings (SSSR count). The molecule has 24 heavy (non-hydrogen) atoms. The van der Waals surface area contributed by atoms with Gasteiger partial charge in [0.1, 0.15) is 0 Å². The second kappa shape index (κ2) is 9.18. The smallest absolute Gasteiger partial charge is 0.290 e. The van der Waals surface area contributed by atoms with Crippen molar-refractivity contribution in [2.24, 2.45) is 5.92 Å². The number of nitrogens with zero attached hydrogens (tertiary/aromatic N) is 2. The Morgan fingerprint density at radius 1 is 1.54 bits per heavy atom. The van der Waals surface area contributed by atoms with Crippen molar-refractivity contribution in [2.75, 3.05) is 32.8 Å². The van der Waals surface area contributed by atoms with E-state index >= 15 is 0 Å². The highest BCUT2D eigenvalue weighted by molar-refractivity contribution is 5.91. The minimum atomic E-state index is -0.156. The quantitative estimate of drug-likeness (QED) is 0.739. The molecule has 0 aromatic carbocycles. The average molecular weight is 337 g/mol. The van der Waals surface area contributed by atoms with Gasteiger partial charge in [0, 0.05) is 45.0 Å². The minimum absolute atomic E-state index is 0.156. The number of ether oxygens (including phenoxy) is 1. The van der Waals surface area contributed by atoms with Crippen molar-refractivity contribution in [1.82, 2.24) is 15.4 Å². The molecule has 1 fully saturated rings. The number of hydrogen-bond donors (Lipinski definition) is 1. The number of carbonyl (C=O) groups is 1. The predicted molar refractivity (Wildman–Crippen MR) is 93.2 cm³/mol. The van der Waals surface area contributed by atoms with Crippen LogP contribution in [0.25, 0.3) is 0 Å². The lowest BCUT2D eigenvalue weighted by molar-refractivity contribution is 0.0811. The van der Waals surface area contributed by atoms with Gasteiger partial charge >= 0.3 is 0 Å². The molecule has 1 aromatic rings. The molecule has 0 radical (unpaired) electrons. The van der Waals surface area contributed by atoms with Gasteiger partial charge in [-0.3, -0.25) is 4.79 Å². The van der Waals surface area contributed by atoms with Crippen LogP contribution in [0.1, 0.15) is 62.7 Å². The number of likely N-dealkylation sites (tertiary alicyclic amines) is 1. The van der Waals surface area contributed by atoms with E-state index in [9.17, 15) is 4.79 Å². The molecule has 2 atom stereocenters. The Kier molecular flexibility index (Phi) is 7.24. The van der Waals surface area contributed by atoms with Gasteiger partial charge in [-0.1, -0.05) is 25.9 Å². The summed E-state index contributed by atoms with van der Waals surface area (Å²) in [5, 5.41) is 7.06. The summed E-state index contributed by atoms with van der Waals surface area (Å²) in [4.78, 5) is 14.8. The molecule has 6 heteroatoms. The lowest BCUT2D eigenvalue weighted by Gasteiger charge is -2.37. The molecule has 136 valence electrons.